The van der Waals surface area contributed by atoms with Crippen LogP contribution in [0.3, 0.4) is 0 Å². The smallest absolute Gasteiger partial charge is 0.309 e. The lowest BCUT2D eigenvalue weighted by Crippen LogP contribution is -2.31. The van der Waals surface area contributed by atoms with Gasteiger partial charge in [0, 0.05) is 0 Å². The lowest BCUT2D eigenvalue weighted by molar-refractivity contribution is -0.158. The van der Waals surface area contributed by atoms with Crippen LogP contribution in [0.1, 0.15) is 55.9 Å². The molecule has 0 rings (SSSR count). The van der Waals surface area contributed by atoms with E-state index in [1.165, 1.54) is 0 Å². The fourth-order valence-electron chi connectivity index (χ4n) is 1.56. The minimum Gasteiger partial charge on any atom is -0.481 e. The van der Waals surface area contributed by atoms with Crippen molar-refractivity contribution in [1.82, 2.24) is 0 Å². The number of aliphatic hydroxyl groups is 1. The van der Waals surface area contributed by atoms with Gasteiger partial charge in [-0.05, 0) is 12.3 Å². The molecule has 124 valence electrons. The van der Waals surface area contributed by atoms with Crippen LogP contribution in [0.4, 0.5) is 0 Å². The van der Waals surface area contributed by atoms with Crippen LogP contribution in [-0.4, -0.2) is 35.4 Å². The van der Waals surface area contributed by atoms with Crippen molar-refractivity contribution in [2.24, 2.45) is 17.8 Å². The van der Waals surface area contributed by atoms with Crippen LogP contribution < -0.4 is 0 Å². The minimum absolute atomic E-state index is 0. The highest BCUT2D eigenvalue weighted by Crippen LogP contribution is 2.23. The molecular weight excluding hydrogens is 260 g/mol. The van der Waals surface area contributed by atoms with E-state index in [2.05, 4.69) is 0 Å². The molecule has 5 heteroatoms. The molecule has 0 spiro atoms. The van der Waals surface area contributed by atoms with Gasteiger partial charge in [0.25, 0.3) is 0 Å². The number of carbonyl (C=O) groups is 2. The Labute approximate surface area is 124 Å². The van der Waals surface area contributed by atoms with Gasteiger partial charge in [0.15, 0.2) is 0 Å². The highest BCUT2D eigenvalue weighted by molar-refractivity contribution is 5.80. The molecule has 0 heterocycles. The number of rotatable bonds is 8. The fraction of sp³-hybridized carbons (Fsp3) is 0.867. The quantitative estimate of drug-likeness (QED) is 0.672. The van der Waals surface area contributed by atoms with Gasteiger partial charge in [0.2, 0.25) is 0 Å². The zero-order valence-electron chi connectivity index (χ0n) is 10.7. The first kappa shape index (κ1) is 27.3. The summed E-state index contributed by atoms with van der Waals surface area (Å²) in [6.07, 6.45) is 1.34. The molecule has 0 aromatic heterocycles. The standard InChI is InChI=1S/C12H22O5.3CH4/c1-4-8(2)7-10(11(14)15)9(3)12(16)17-6-5-13;;;/h8-10,13H,4-7H2,1-3H3,(H,14,15);3*1H4. The molecule has 5 nitrogen and oxygen atoms in total. The van der Waals surface area contributed by atoms with Gasteiger partial charge < -0.3 is 14.9 Å². The molecule has 0 aliphatic rings. The number of esters is 1. The molecule has 3 unspecified atom stereocenters. The monoisotopic (exact) mass is 294 g/mol. The molecule has 0 fully saturated rings. The molecule has 0 bridgehead atoms. The molecule has 0 aliphatic heterocycles. The van der Waals surface area contributed by atoms with Crippen LogP contribution in [0, 0.1) is 17.8 Å². The van der Waals surface area contributed by atoms with E-state index < -0.39 is 23.8 Å². The first-order valence-electron chi connectivity index (χ1n) is 5.94. The fourth-order valence-corrected chi connectivity index (χ4v) is 1.56. The molecule has 2 N–H and O–H groups in total. The minimum atomic E-state index is -0.973. The lowest BCUT2D eigenvalue weighted by Gasteiger charge is -2.21. The molecule has 3 atom stereocenters. The zero-order valence-corrected chi connectivity index (χ0v) is 10.7. The van der Waals surface area contributed by atoms with Crippen molar-refractivity contribution < 1.29 is 24.5 Å². The number of carboxylic acids is 1. The maximum absolute atomic E-state index is 11.5. The van der Waals surface area contributed by atoms with E-state index in [4.69, 9.17) is 14.9 Å². The molecule has 0 saturated heterocycles. The molecule has 0 saturated carbocycles. The Hall–Kier alpha value is -1.10. The SMILES string of the molecule is C.C.C.CCC(C)CC(C(=O)O)C(C)C(=O)OCCO. The van der Waals surface area contributed by atoms with E-state index >= 15 is 0 Å². The summed E-state index contributed by atoms with van der Waals surface area (Å²) in [6, 6.07) is 0. The molecule has 20 heavy (non-hydrogen) atoms. The van der Waals surface area contributed by atoms with Crippen LogP contribution in [0.5, 0.6) is 0 Å². The number of aliphatic carboxylic acids is 1. The second kappa shape index (κ2) is 14.3. The summed E-state index contributed by atoms with van der Waals surface area (Å²) in [5.74, 6) is -2.69. The van der Waals surface area contributed by atoms with Crippen molar-refractivity contribution in [3.8, 4) is 0 Å². The number of hydrogen-bond donors (Lipinski definition) is 2. The number of aliphatic hydroxyl groups excluding tert-OH is 1. The third kappa shape index (κ3) is 9.78. The van der Waals surface area contributed by atoms with E-state index in [0.717, 1.165) is 6.42 Å². The summed E-state index contributed by atoms with van der Waals surface area (Å²) in [6.45, 7) is 5.17. The average molecular weight is 294 g/mol. The van der Waals surface area contributed by atoms with Crippen LogP contribution in [-0.2, 0) is 14.3 Å². The summed E-state index contributed by atoms with van der Waals surface area (Å²) in [7, 11) is 0. The Morgan fingerprint density at radius 2 is 1.65 bits per heavy atom. The largest absolute Gasteiger partial charge is 0.481 e. The predicted octanol–water partition coefficient (Wildman–Crippen LogP) is 3.20. The van der Waals surface area contributed by atoms with Crippen molar-refractivity contribution in [3.63, 3.8) is 0 Å². The summed E-state index contributed by atoms with van der Waals surface area (Å²) in [5.41, 5.74) is 0. The highest BCUT2D eigenvalue weighted by Gasteiger charge is 2.31. The molecule has 0 aromatic carbocycles. The number of carbonyl (C=O) groups excluding carboxylic acids is 1. The van der Waals surface area contributed by atoms with Gasteiger partial charge >= 0.3 is 11.9 Å². The number of hydrogen-bond acceptors (Lipinski definition) is 4. The van der Waals surface area contributed by atoms with Crippen molar-refractivity contribution in [1.29, 1.82) is 0 Å². The normalized spacial score (nSPS) is 13.6. The van der Waals surface area contributed by atoms with Crippen molar-refractivity contribution >= 4 is 11.9 Å². The average Bonchev–Trinajstić information content (AvgIpc) is 2.31. The summed E-state index contributed by atoms with van der Waals surface area (Å²) in [4.78, 5) is 22.6. The van der Waals surface area contributed by atoms with Gasteiger partial charge in [-0.1, -0.05) is 49.5 Å². The van der Waals surface area contributed by atoms with E-state index in [1.807, 2.05) is 13.8 Å². The van der Waals surface area contributed by atoms with Crippen LogP contribution >= 0.6 is 0 Å². The summed E-state index contributed by atoms with van der Waals surface area (Å²) in [5, 5.41) is 17.6. The van der Waals surface area contributed by atoms with Gasteiger partial charge in [0.1, 0.15) is 6.61 Å². The van der Waals surface area contributed by atoms with E-state index in [0.29, 0.717) is 6.42 Å². The van der Waals surface area contributed by atoms with Crippen LogP contribution in [0.2, 0.25) is 0 Å². The first-order valence-corrected chi connectivity index (χ1v) is 5.94. The Morgan fingerprint density at radius 1 is 1.15 bits per heavy atom. The van der Waals surface area contributed by atoms with Crippen molar-refractivity contribution in [2.45, 2.75) is 55.9 Å². The van der Waals surface area contributed by atoms with E-state index in [-0.39, 0.29) is 41.4 Å². The van der Waals surface area contributed by atoms with Gasteiger partial charge in [0.05, 0.1) is 18.4 Å². The second-order valence-electron chi connectivity index (χ2n) is 4.37. The molecule has 0 aliphatic carbocycles. The number of carboxylic acid groups (broad SMARTS) is 1. The molecule has 0 amide bonds. The molecule has 0 radical (unpaired) electrons. The maximum Gasteiger partial charge on any atom is 0.309 e. The Balaban J connectivity index is -0.000000427. The number of ether oxygens (including phenoxy) is 1. The third-order valence-electron chi connectivity index (χ3n) is 2.98. The van der Waals surface area contributed by atoms with Crippen LogP contribution in [0.25, 0.3) is 0 Å². The van der Waals surface area contributed by atoms with Gasteiger partial charge in [-0.3, -0.25) is 9.59 Å². The van der Waals surface area contributed by atoms with Gasteiger partial charge in [-0.2, -0.15) is 0 Å². The Morgan fingerprint density at radius 3 is 2.00 bits per heavy atom. The summed E-state index contributed by atoms with van der Waals surface area (Å²) < 4.78 is 4.75. The summed E-state index contributed by atoms with van der Waals surface area (Å²) >= 11 is 0. The van der Waals surface area contributed by atoms with Crippen molar-refractivity contribution in [2.75, 3.05) is 13.2 Å². The highest BCUT2D eigenvalue weighted by atomic mass is 16.5. The zero-order chi connectivity index (χ0) is 13.4. The molecule has 0 aromatic rings. The lowest BCUT2D eigenvalue weighted by atomic mass is 9.85. The van der Waals surface area contributed by atoms with Crippen molar-refractivity contribution in [3.05, 3.63) is 0 Å². The second-order valence-corrected chi connectivity index (χ2v) is 4.37. The Bertz CT molecular complexity index is 253. The predicted molar refractivity (Wildman–Crippen MR) is 82.6 cm³/mol. The first-order chi connectivity index (χ1) is 7.93. The topological polar surface area (TPSA) is 83.8 Å². The van der Waals surface area contributed by atoms with Crippen LogP contribution in [0.15, 0.2) is 0 Å². The maximum atomic E-state index is 11.5. The molecular formula is C15H34O5. The third-order valence-corrected chi connectivity index (χ3v) is 2.98. The van der Waals surface area contributed by atoms with Gasteiger partial charge in [-0.15, -0.1) is 0 Å². The van der Waals surface area contributed by atoms with E-state index in [1.54, 1.807) is 6.92 Å². The van der Waals surface area contributed by atoms with Gasteiger partial charge in [-0.25, -0.2) is 0 Å². The Kier molecular flexibility index (Phi) is 19.5. The van der Waals surface area contributed by atoms with E-state index in [9.17, 15) is 9.59 Å².